The van der Waals surface area contributed by atoms with Gasteiger partial charge in [-0.05, 0) is 108 Å². The molecule has 0 radical (unpaired) electrons. The minimum atomic E-state index is -2.72. The van der Waals surface area contributed by atoms with Gasteiger partial charge in [0.05, 0.1) is 11.4 Å². The van der Waals surface area contributed by atoms with E-state index in [0.29, 0.717) is 5.82 Å². The average Bonchev–Trinajstić information content (AvgIpc) is 3.95. The van der Waals surface area contributed by atoms with Crippen molar-refractivity contribution < 1.29 is 4.42 Å². The van der Waals surface area contributed by atoms with Crippen LogP contribution in [-0.4, -0.2) is 18.0 Å². The van der Waals surface area contributed by atoms with E-state index in [2.05, 4.69) is 237 Å². The summed E-state index contributed by atoms with van der Waals surface area (Å²) < 4.78 is 6.26. The third-order valence-corrected chi connectivity index (χ3v) is 18.6. The van der Waals surface area contributed by atoms with Crippen molar-refractivity contribution >= 4 is 50.8 Å². The van der Waals surface area contributed by atoms with Crippen molar-refractivity contribution in [2.24, 2.45) is 0 Å². The van der Waals surface area contributed by atoms with Crippen LogP contribution in [0.5, 0.6) is 0 Å². The Hall–Kier alpha value is -8.70. The molecular formula is C64H42N2OSi. The molecule has 1 aliphatic heterocycles. The number of hydrogen-bond acceptors (Lipinski definition) is 3. The Balaban J connectivity index is 1.03. The molecule has 4 heteroatoms. The lowest BCUT2D eigenvalue weighted by Crippen LogP contribution is -2.72. The summed E-state index contributed by atoms with van der Waals surface area (Å²) in [4.78, 5) is 10.9. The quantitative estimate of drug-likeness (QED) is 0.143. The zero-order valence-electron chi connectivity index (χ0n) is 37.1. The van der Waals surface area contributed by atoms with Gasteiger partial charge in [0.15, 0.2) is 13.9 Å². The highest BCUT2D eigenvalue weighted by Gasteiger charge is 2.49. The van der Waals surface area contributed by atoms with Crippen molar-refractivity contribution in [1.29, 1.82) is 0 Å². The maximum Gasteiger partial charge on any atom is 0.180 e. The summed E-state index contributed by atoms with van der Waals surface area (Å²) >= 11 is 0. The van der Waals surface area contributed by atoms with Gasteiger partial charge in [0, 0.05) is 27.5 Å². The second-order valence-electron chi connectivity index (χ2n) is 17.6. The number of para-hydroxylation sites is 1. The number of hydrogen-bond donors (Lipinski definition) is 0. The fraction of sp³-hybridized carbons (Fsp3) is 0. The number of nitrogens with zero attached hydrogens (tertiary/aromatic N) is 2. The van der Waals surface area contributed by atoms with Gasteiger partial charge in [0.2, 0.25) is 0 Å². The van der Waals surface area contributed by atoms with Crippen molar-refractivity contribution in [2.75, 3.05) is 0 Å². The van der Waals surface area contributed by atoms with E-state index >= 15 is 0 Å². The molecule has 0 unspecified atom stereocenters. The van der Waals surface area contributed by atoms with Crippen molar-refractivity contribution in [3.63, 3.8) is 0 Å². The fourth-order valence-corrected chi connectivity index (χ4v) is 16.0. The lowest BCUT2D eigenvalue weighted by Gasteiger charge is -2.31. The molecule has 2 aromatic heterocycles. The molecule has 10 aromatic carbocycles. The first kappa shape index (κ1) is 39.6. The van der Waals surface area contributed by atoms with E-state index in [0.717, 1.165) is 77.8 Å². The standard InChI is InChI=1S/C64H42N2OSi/c1-5-20-43(21-6-1)46-38-47(45-36-37-60-56(41-45)53-30-15-17-33-59(53)67-60)40-48(39-46)57-42-58(66-64(65-57)44-22-7-2-8-23-44)52-29-14-13-28-51(52)54-32-19-35-62-63(54)55-31-16-18-34-61(55)68(62,49-24-9-3-10-25-49)50-26-11-4-12-27-50/h1-42H. The molecule has 0 fully saturated rings. The van der Waals surface area contributed by atoms with E-state index in [9.17, 15) is 0 Å². The summed E-state index contributed by atoms with van der Waals surface area (Å²) in [5.74, 6) is 0.675. The summed E-state index contributed by atoms with van der Waals surface area (Å²) in [6.07, 6.45) is 0. The molecule has 0 N–H and O–H groups in total. The van der Waals surface area contributed by atoms with Crippen LogP contribution in [0.2, 0.25) is 0 Å². The SMILES string of the molecule is c1ccc(-c2cc(-c3ccc4oc5ccccc5c4c3)cc(-c3cc(-c4ccccc4-c4cccc5c4-c4ccccc4[Si]5(c4ccccc4)c4ccccc4)nc(-c4ccccc4)n3)c2)cc1. The maximum atomic E-state index is 6.26. The Morgan fingerprint density at radius 1 is 0.294 bits per heavy atom. The Morgan fingerprint density at radius 2 is 0.824 bits per heavy atom. The number of rotatable bonds is 8. The number of furan rings is 1. The number of benzene rings is 10. The average molecular weight is 883 g/mol. The molecule has 1 aliphatic rings. The molecule has 0 saturated heterocycles. The molecule has 3 heterocycles. The van der Waals surface area contributed by atoms with E-state index in [1.165, 1.54) is 37.4 Å². The Kier molecular flexibility index (Phi) is 9.51. The van der Waals surface area contributed by atoms with Gasteiger partial charge in [-0.1, -0.05) is 212 Å². The van der Waals surface area contributed by atoms with Crippen LogP contribution in [0.1, 0.15) is 0 Å². The van der Waals surface area contributed by atoms with Crippen LogP contribution in [0.4, 0.5) is 0 Å². The number of fused-ring (bicyclic) bond motifs is 6. The van der Waals surface area contributed by atoms with Crippen molar-refractivity contribution in [1.82, 2.24) is 9.97 Å². The van der Waals surface area contributed by atoms with Gasteiger partial charge in [-0.3, -0.25) is 0 Å². The summed E-state index contributed by atoms with van der Waals surface area (Å²) in [5, 5.41) is 7.79. The predicted octanol–water partition coefficient (Wildman–Crippen LogP) is 13.7. The molecule has 12 aromatic rings. The van der Waals surface area contributed by atoms with Crippen LogP contribution in [0.15, 0.2) is 259 Å². The fourth-order valence-electron chi connectivity index (χ4n) is 10.8. The van der Waals surface area contributed by atoms with E-state index in [1.54, 1.807) is 0 Å². The van der Waals surface area contributed by atoms with E-state index in [1.807, 2.05) is 18.2 Å². The molecule has 0 amide bonds. The second kappa shape index (κ2) is 16.3. The minimum Gasteiger partial charge on any atom is -0.456 e. The highest BCUT2D eigenvalue weighted by atomic mass is 28.3. The zero-order chi connectivity index (χ0) is 45.0. The van der Waals surface area contributed by atoms with Crippen LogP contribution in [0.3, 0.4) is 0 Å². The molecule has 3 nitrogen and oxygen atoms in total. The molecule has 0 atom stereocenters. The lowest BCUT2D eigenvalue weighted by atomic mass is 9.90. The minimum absolute atomic E-state index is 0.675. The van der Waals surface area contributed by atoms with E-state index in [-0.39, 0.29) is 0 Å². The second-order valence-corrected chi connectivity index (χ2v) is 21.3. The Bertz CT molecular complexity index is 3810. The predicted molar refractivity (Wildman–Crippen MR) is 285 cm³/mol. The number of aromatic nitrogens is 2. The normalized spacial score (nSPS) is 12.5. The highest BCUT2D eigenvalue weighted by molar-refractivity contribution is 7.22. The lowest BCUT2D eigenvalue weighted by molar-refractivity contribution is 0.669. The Labute approximate surface area is 396 Å². The van der Waals surface area contributed by atoms with Gasteiger partial charge in [-0.2, -0.15) is 0 Å². The van der Waals surface area contributed by atoms with Gasteiger partial charge in [0.25, 0.3) is 0 Å². The van der Waals surface area contributed by atoms with Gasteiger partial charge in [-0.25, -0.2) is 9.97 Å². The molecule has 0 bridgehead atoms. The highest BCUT2D eigenvalue weighted by Crippen LogP contribution is 2.42. The van der Waals surface area contributed by atoms with Gasteiger partial charge < -0.3 is 4.42 Å². The summed E-state index contributed by atoms with van der Waals surface area (Å²) in [7, 11) is -2.72. The van der Waals surface area contributed by atoms with Crippen molar-refractivity contribution in [3.8, 4) is 78.4 Å². The monoisotopic (exact) mass is 882 g/mol. The molecular weight excluding hydrogens is 841 g/mol. The van der Waals surface area contributed by atoms with Crippen molar-refractivity contribution in [2.45, 2.75) is 0 Å². The van der Waals surface area contributed by atoms with Crippen LogP contribution in [0.25, 0.3) is 100 Å². The summed E-state index contributed by atoms with van der Waals surface area (Å²) in [6, 6.07) is 92.1. The third-order valence-electron chi connectivity index (χ3n) is 13.8. The first-order chi connectivity index (χ1) is 33.7. The van der Waals surface area contributed by atoms with Crippen LogP contribution in [-0.2, 0) is 0 Å². The Morgan fingerprint density at radius 3 is 1.56 bits per heavy atom. The maximum absolute atomic E-state index is 6.26. The van der Waals surface area contributed by atoms with Gasteiger partial charge in [-0.15, -0.1) is 0 Å². The van der Waals surface area contributed by atoms with E-state index in [4.69, 9.17) is 14.4 Å². The molecule has 318 valence electrons. The summed E-state index contributed by atoms with van der Waals surface area (Å²) in [5.41, 5.74) is 15.9. The molecule has 13 rings (SSSR count). The van der Waals surface area contributed by atoms with Crippen molar-refractivity contribution in [3.05, 3.63) is 255 Å². The first-order valence-corrected chi connectivity index (χ1v) is 25.2. The molecule has 0 aliphatic carbocycles. The van der Waals surface area contributed by atoms with E-state index < -0.39 is 8.07 Å². The largest absolute Gasteiger partial charge is 0.456 e. The zero-order valence-corrected chi connectivity index (χ0v) is 38.1. The third kappa shape index (κ3) is 6.49. The van der Waals surface area contributed by atoms with Gasteiger partial charge in [0.1, 0.15) is 11.2 Å². The molecule has 68 heavy (non-hydrogen) atoms. The smallest absolute Gasteiger partial charge is 0.180 e. The van der Waals surface area contributed by atoms with Crippen LogP contribution < -0.4 is 20.7 Å². The first-order valence-electron chi connectivity index (χ1n) is 23.2. The summed E-state index contributed by atoms with van der Waals surface area (Å²) in [6.45, 7) is 0. The molecule has 0 saturated carbocycles. The van der Waals surface area contributed by atoms with Gasteiger partial charge >= 0.3 is 0 Å². The molecule has 0 spiro atoms. The van der Waals surface area contributed by atoms with Crippen LogP contribution >= 0.6 is 0 Å². The topological polar surface area (TPSA) is 38.9 Å². The van der Waals surface area contributed by atoms with Crippen LogP contribution in [0, 0.1) is 0 Å².